The van der Waals surface area contributed by atoms with Crippen LogP contribution in [0.3, 0.4) is 0 Å². The van der Waals surface area contributed by atoms with E-state index in [1.54, 1.807) is 11.3 Å². The van der Waals surface area contributed by atoms with Crippen molar-refractivity contribution in [2.24, 2.45) is 0 Å². The number of aromatic nitrogens is 1. The van der Waals surface area contributed by atoms with E-state index in [0.717, 1.165) is 41.3 Å². The van der Waals surface area contributed by atoms with Gasteiger partial charge in [-0.1, -0.05) is 13.0 Å². The van der Waals surface area contributed by atoms with Crippen LogP contribution in [0.15, 0.2) is 42.5 Å². The van der Waals surface area contributed by atoms with Crippen LogP contribution in [0, 0.1) is 6.92 Å². The highest BCUT2D eigenvalue weighted by Gasteiger charge is 2.06. The Morgan fingerprint density at radius 2 is 1.55 bits per heavy atom. The smallest absolute Gasteiger partial charge is 0.124 e. The van der Waals surface area contributed by atoms with Crippen molar-refractivity contribution >= 4 is 27.2 Å². The first-order valence-corrected chi connectivity index (χ1v) is 11.0. The van der Waals surface area contributed by atoms with E-state index in [1.807, 2.05) is 0 Å². The number of nitrogens with one attached hydrogen (secondary N) is 1. The van der Waals surface area contributed by atoms with Gasteiger partial charge in [0.2, 0.25) is 0 Å². The lowest BCUT2D eigenvalue weighted by Gasteiger charge is -2.08. The molecule has 156 valence electrons. The summed E-state index contributed by atoms with van der Waals surface area (Å²) >= 11 is 1.74. The van der Waals surface area contributed by atoms with Crippen molar-refractivity contribution in [3.63, 3.8) is 0 Å². The molecule has 3 aromatic rings. The zero-order valence-corrected chi connectivity index (χ0v) is 18.1. The second kappa shape index (κ2) is 11.9. The standard InChI is InChI=1S/C23H30N2O3S/c1-3-11-26-13-15-28-16-14-27-12-10-24-20-7-5-19(6-8-20)23-25-21-9-4-18(2)17-22(21)29-23/h4-9,17,24H,3,10-16H2,1-2H3. The van der Waals surface area contributed by atoms with Crippen molar-refractivity contribution < 1.29 is 14.2 Å². The van der Waals surface area contributed by atoms with Crippen LogP contribution < -0.4 is 5.32 Å². The van der Waals surface area contributed by atoms with Crippen molar-refractivity contribution in [3.8, 4) is 10.6 Å². The summed E-state index contributed by atoms with van der Waals surface area (Å²) in [5.41, 5.74) is 4.55. The van der Waals surface area contributed by atoms with E-state index < -0.39 is 0 Å². The van der Waals surface area contributed by atoms with Gasteiger partial charge >= 0.3 is 0 Å². The van der Waals surface area contributed by atoms with Crippen LogP contribution in [0.4, 0.5) is 5.69 Å². The number of ether oxygens (including phenoxy) is 3. The van der Waals surface area contributed by atoms with Gasteiger partial charge in [-0.3, -0.25) is 0 Å². The van der Waals surface area contributed by atoms with Gasteiger partial charge < -0.3 is 19.5 Å². The van der Waals surface area contributed by atoms with Crippen LogP contribution in [0.2, 0.25) is 0 Å². The summed E-state index contributed by atoms with van der Waals surface area (Å²) in [6, 6.07) is 14.8. The average molecular weight is 415 g/mol. The van der Waals surface area contributed by atoms with Crippen LogP contribution in [0.5, 0.6) is 0 Å². The van der Waals surface area contributed by atoms with Crippen LogP contribution in [0.25, 0.3) is 20.8 Å². The highest BCUT2D eigenvalue weighted by molar-refractivity contribution is 7.21. The molecule has 29 heavy (non-hydrogen) atoms. The molecule has 0 spiro atoms. The first-order chi connectivity index (χ1) is 14.3. The highest BCUT2D eigenvalue weighted by Crippen LogP contribution is 2.31. The maximum absolute atomic E-state index is 5.58. The van der Waals surface area contributed by atoms with Crippen molar-refractivity contribution in [1.29, 1.82) is 0 Å². The average Bonchev–Trinajstić information content (AvgIpc) is 3.15. The second-order valence-electron chi connectivity index (χ2n) is 6.83. The third-order valence-electron chi connectivity index (χ3n) is 4.34. The lowest BCUT2D eigenvalue weighted by Crippen LogP contribution is -2.13. The van der Waals surface area contributed by atoms with Gasteiger partial charge in [-0.15, -0.1) is 11.3 Å². The molecule has 0 radical (unpaired) electrons. The van der Waals surface area contributed by atoms with Gasteiger partial charge in [0.25, 0.3) is 0 Å². The molecule has 0 unspecified atom stereocenters. The number of anilines is 1. The van der Waals surface area contributed by atoms with Crippen molar-refractivity contribution in [2.45, 2.75) is 20.3 Å². The molecule has 0 atom stereocenters. The van der Waals surface area contributed by atoms with Crippen molar-refractivity contribution in [1.82, 2.24) is 4.98 Å². The van der Waals surface area contributed by atoms with Crippen LogP contribution in [-0.4, -0.2) is 51.2 Å². The quantitative estimate of drug-likeness (QED) is 0.392. The molecule has 1 heterocycles. The minimum Gasteiger partial charge on any atom is -0.383 e. The number of hydrogen-bond acceptors (Lipinski definition) is 6. The molecular formula is C23H30N2O3S. The van der Waals surface area contributed by atoms with Crippen LogP contribution in [0.1, 0.15) is 18.9 Å². The van der Waals surface area contributed by atoms with Crippen molar-refractivity contribution in [3.05, 3.63) is 48.0 Å². The Hall–Kier alpha value is -1.99. The molecule has 3 rings (SSSR count). The molecule has 0 bridgehead atoms. The molecule has 0 amide bonds. The second-order valence-corrected chi connectivity index (χ2v) is 7.86. The minimum absolute atomic E-state index is 0.603. The summed E-state index contributed by atoms with van der Waals surface area (Å²) in [7, 11) is 0. The van der Waals surface area contributed by atoms with Gasteiger partial charge in [-0.05, 0) is 55.3 Å². The summed E-state index contributed by atoms with van der Waals surface area (Å²) < 4.78 is 17.6. The van der Waals surface area contributed by atoms with Crippen LogP contribution >= 0.6 is 11.3 Å². The van der Waals surface area contributed by atoms with E-state index >= 15 is 0 Å². The summed E-state index contributed by atoms with van der Waals surface area (Å²) in [6.45, 7) is 8.91. The Morgan fingerprint density at radius 1 is 0.862 bits per heavy atom. The molecule has 0 aliphatic rings. The number of nitrogens with zero attached hydrogens (tertiary/aromatic N) is 1. The summed E-state index contributed by atoms with van der Waals surface area (Å²) in [4.78, 5) is 4.74. The maximum Gasteiger partial charge on any atom is 0.124 e. The number of fused-ring (bicyclic) bond motifs is 1. The predicted molar refractivity (Wildman–Crippen MR) is 121 cm³/mol. The fraction of sp³-hybridized carbons (Fsp3) is 0.435. The normalized spacial score (nSPS) is 11.2. The first-order valence-electron chi connectivity index (χ1n) is 10.2. The predicted octanol–water partition coefficient (Wildman–Crippen LogP) is 5.14. The summed E-state index contributed by atoms with van der Waals surface area (Å²) in [6.07, 6.45) is 1.04. The maximum atomic E-state index is 5.58. The van der Waals surface area contributed by atoms with E-state index in [1.165, 1.54) is 10.3 Å². The number of rotatable bonds is 13. The van der Waals surface area contributed by atoms with Crippen molar-refractivity contribution in [2.75, 3.05) is 51.5 Å². The van der Waals surface area contributed by atoms with Gasteiger partial charge in [-0.25, -0.2) is 4.98 Å². The highest BCUT2D eigenvalue weighted by atomic mass is 32.1. The van der Waals surface area contributed by atoms with Gasteiger partial charge in [0, 0.05) is 24.4 Å². The minimum atomic E-state index is 0.603. The summed E-state index contributed by atoms with van der Waals surface area (Å²) in [5.74, 6) is 0. The largest absolute Gasteiger partial charge is 0.383 e. The number of hydrogen-bond donors (Lipinski definition) is 1. The van der Waals surface area contributed by atoms with Gasteiger partial charge in [-0.2, -0.15) is 0 Å². The third-order valence-corrected chi connectivity index (χ3v) is 5.41. The lowest BCUT2D eigenvalue weighted by atomic mass is 10.2. The molecule has 0 saturated carbocycles. The number of thiazole rings is 1. The molecule has 0 aliphatic heterocycles. The van der Waals surface area contributed by atoms with Gasteiger partial charge in [0.05, 0.1) is 43.3 Å². The zero-order chi connectivity index (χ0) is 20.3. The molecule has 1 aromatic heterocycles. The van der Waals surface area contributed by atoms with E-state index in [-0.39, 0.29) is 0 Å². The number of aryl methyl sites for hydroxylation is 1. The number of benzene rings is 2. The van der Waals surface area contributed by atoms with E-state index in [0.29, 0.717) is 33.0 Å². The van der Waals surface area contributed by atoms with E-state index in [4.69, 9.17) is 19.2 Å². The van der Waals surface area contributed by atoms with E-state index in [9.17, 15) is 0 Å². The fourth-order valence-electron chi connectivity index (χ4n) is 2.84. The van der Waals surface area contributed by atoms with Gasteiger partial charge in [0.1, 0.15) is 5.01 Å². The Morgan fingerprint density at radius 3 is 2.28 bits per heavy atom. The monoisotopic (exact) mass is 414 g/mol. The Bertz CT molecular complexity index is 864. The zero-order valence-electron chi connectivity index (χ0n) is 17.3. The Labute approximate surface area is 177 Å². The molecule has 0 fully saturated rings. The Balaban J connectivity index is 1.33. The fourth-order valence-corrected chi connectivity index (χ4v) is 3.91. The topological polar surface area (TPSA) is 52.6 Å². The first kappa shape index (κ1) is 21.7. The SMILES string of the molecule is CCCOCCOCCOCCNc1ccc(-c2nc3ccc(C)cc3s2)cc1. The molecule has 2 aromatic carbocycles. The Kier molecular flexibility index (Phi) is 8.89. The molecule has 1 N–H and O–H groups in total. The van der Waals surface area contributed by atoms with Crippen LogP contribution in [-0.2, 0) is 14.2 Å². The third kappa shape index (κ3) is 7.08. The van der Waals surface area contributed by atoms with E-state index in [2.05, 4.69) is 61.6 Å². The molecular weight excluding hydrogens is 384 g/mol. The molecule has 5 nitrogen and oxygen atoms in total. The molecule has 0 aliphatic carbocycles. The molecule has 6 heteroatoms. The van der Waals surface area contributed by atoms with Gasteiger partial charge in [0.15, 0.2) is 0 Å². The molecule has 0 saturated heterocycles. The lowest BCUT2D eigenvalue weighted by molar-refractivity contribution is 0.0165. The summed E-state index contributed by atoms with van der Waals surface area (Å²) in [5, 5.41) is 4.44.